The predicted molar refractivity (Wildman–Crippen MR) is 72.0 cm³/mol. The molecule has 0 spiro atoms. The smallest absolute Gasteiger partial charge is 0.127 e. The Morgan fingerprint density at radius 3 is 2.18 bits per heavy atom. The van der Waals surface area contributed by atoms with Crippen LogP contribution in [0.3, 0.4) is 0 Å². The van der Waals surface area contributed by atoms with E-state index in [4.69, 9.17) is 4.74 Å². The average Bonchev–Trinajstić information content (AvgIpc) is 2.29. The molecule has 17 heavy (non-hydrogen) atoms. The lowest BCUT2D eigenvalue weighted by molar-refractivity contribution is 0.484. The molecule has 2 aromatic carbocycles. The first-order valence-electron chi connectivity index (χ1n) is 5.70. The minimum absolute atomic E-state index is 0.884. The molecule has 0 unspecified atom stereocenters. The molecule has 0 fully saturated rings. The third kappa shape index (κ3) is 3.49. The molecule has 0 N–H and O–H groups in total. The fraction of sp³-hybridized carbons (Fsp3) is 0.125. The van der Waals surface area contributed by atoms with Crippen LogP contribution in [0.5, 0.6) is 5.75 Å². The largest absolute Gasteiger partial charge is 0.465 e. The summed E-state index contributed by atoms with van der Waals surface area (Å²) in [4.78, 5) is 0. The Morgan fingerprint density at radius 1 is 0.882 bits per heavy atom. The maximum atomic E-state index is 5.59. The van der Waals surface area contributed by atoms with Gasteiger partial charge >= 0.3 is 0 Å². The van der Waals surface area contributed by atoms with Gasteiger partial charge in [0.25, 0.3) is 0 Å². The maximum absolute atomic E-state index is 5.59. The Kier molecular flexibility index (Phi) is 3.61. The lowest BCUT2D eigenvalue weighted by Crippen LogP contribution is -1.85. The summed E-state index contributed by atoms with van der Waals surface area (Å²) in [6, 6.07) is 16.3. The lowest BCUT2D eigenvalue weighted by Gasteiger charge is -2.03. The van der Waals surface area contributed by atoms with Crippen LogP contribution in [-0.4, -0.2) is 0 Å². The number of benzene rings is 2. The van der Waals surface area contributed by atoms with E-state index in [0.717, 1.165) is 11.3 Å². The standard InChI is InChI=1S/C16H16O/c1-13-10-14(2)12-16(11-13)17-9-8-15-6-4-3-5-7-15/h3-12H,1-2H3/b9-8+. The summed E-state index contributed by atoms with van der Waals surface area (Å²) < 4.78 is 5.59. The van der Waals surface area contributed by atoms with E-state index in [-0.39, 0.29) is 0 Å². The lowest BCUT2D eigenvalue weighted by atomic mass is 10.1. The van der Waals surface area contributed by atoms with E-state index < -0.39 is 0 Å². The highest BCUT2D eigenvalue weighted by Crippen LogP contribution is 2.16. The molecule has 86 valence electrons. The molecule has 0 saturated heterocycles. The van der Waals surface area contributed by atoms with Crippen LogP contribution in [0.4, 0.5) is 0 Å². The predicted octanol–water partition coefficient (Wildman–Crippen LogP) is 4.35. The summed E-state index contributed by atoms with van der Waals surface area (Å²) in [5, 5.41) is 0. The summed E-state index contributed by atoms with van der Waals surface area (Å²) in [5.74, 6) is 0.884. The second-order valence-electron chi connectivity index (χ2n) is 4.15. The topological polar surface area (TPSA) is 9.23 Å². The van der Waals surface area contributed by atoms with Crippen LogP contribution in [0.15, 0.2) is 54.8 Å². The Bertz CT molecular complexity index is 492. The van der Waals surface area contributed by atoms with Crippen LogP contribution in [0.2, 0.25) is 0 Å². The monoisotopic (exact) mass is 224 g/mol. The fourth-order valence-corrected chi connectivity index (χ4v) is 1.76. The van der Waals surface area contributed by atoms with Crippen LogP contribution in [0.1, 0.15) is 16.7 Å². The van der Waals surface area contributed by atoms with E-state index in [1.54, 1.807) is 6.26 Å². The number of aryl methyl sites for hydroxylation is 2. The van der Waals surface area contributed by atoms with Gasteiger partial charge < -0.3 is 4.74 Å². The SMILES string of the molecule is Cc1cc(C)cc(O/C=C/c2ccccc2)c1. The highest BCUT2D eigenvalue weighted by molar-refractivity contribution is 5.48. The highest BCUT2D eigenvalue weighted by Gasteiger charge is 1.94. The first-order chi connectivity index (χ1) is 8.24. The van der Waals surface area contributed by atoms with Crippen molar-refractivity contribution in [3.63, 3.8) is 0 Å². The van der Waals surface area contributed by atoms with Gasteiger partial charge in [-0.2, -0.15) is 0 Å². The van der Waals surface area contributed by atoms with Crippen molar-refractivity contribution in [2.75, 3.05) is 0 Å². The zero-order chi connectivity index (χ0) is 12.1. The summed E-state index contributed by atoms with van der Waals surface area (Å²) in [6.45, 7) is 4.14. The summed E-state index contributed by atoms with van der Waals surface area (Å²) in [7, 11) is 0. The molecule has 1 nitrogen and oxygen atoms in total. The Balaban J connectivity index is 2.05. The molecule has 0 aliphatic rings. The van der Waals surface area contributed by atoms with E-state index in [1.807, 2.05) is 48.5 Å². The summed E-state index contributed by atoms with van der Waals surface area (Å²) in [5.41, 5.74) is 3.57. The molecule has 2 rings (SSSR count). The minimum atomic E-state index is 0.884. The quantitative estimate of drug-likeness (QED) is 0.704. The van der Waals surface area contributed by atoms with Gasteiger partial charge in [-0.15, -0.1) is 0 Å². The summed E-state index contributed by atoms with van der Waals surface area (Å²) >= 11 is 0. The average molecular weight is 224 g/mol. The van der Waals surface area contributed by atoms with E-state index in [9.17, 15) is 0 Å². The van der Waals surface area contributed by atoms with Gasteiger partial charge in [-0.25, -0.2) is 0 Å². The molecule has 0 bridgehead atoms. The van der Waals surface area contributed by atoms with Gasteiger partial charge in [-0.05, 0) is 48.7 Å². The van der Waals surface area contributed by atoms with Crippen molar-refractivity contribution in [1.82, 2.24) is 0 Å². The number of rotatable bonds is 3. The van der Waals surface area contributed by atoms with Crippen LogP contribution in [-0.2, 0) is 0 Å². The van der Waals surface area contributed by atoms with Gasteiger partial charge in [0, 0.05) is 0 Å². The molecule has 0 amide bonds. The van der Waals surface area contributed by atoms with Gasteiger partial charge in [0.1, 0.15) is 5.75 Å². The van der Waals surface area contributed by atoms with Crippen molar-refractivity contribution >= 4 is 6.08 Å². The summed E-state index contributed by atoms with van der Waals surface area (Å²) in [6.07, 6.45) is 3.68. The van der Waals surface area contributed by atoms with Crippen LogP contribution < -0.4 is 4.74 Å². The minimum Gasteiger partial charge on any atom is -0.465 e. The van der Waals surface area contributed by atoms with Crippen molar-refractivity contribution in [2.45, 2.75) is 13.8 Å². The van der Waals surface area contributed by atoms with Crippen LogP contribution in [0, 0.1) is 13.8 Å². The van der Waals surface area contributed by atoms with E-state index in [2.05, 4.69) is 19.9 Å². The third-order valence-corrected chi connectivity index (χ3v) is 2.46. The second kappa shape index (κ2) is 5.35. The first-order valence-corrected chi connectivity index (χ1v) is 5.70. The zero-order valence-electron chi connectivity index (χ0n) is 10.2. The van der Waals surface area contributed by atoms with Gasteiger partial charge in [0.15, 0.2) is 0 Å². The Labute approximate surface area is 102 Å². The molecule has 0 heterocycles. The van der Waals surface area contributed by atoms with Crippen molar-refractivity contribution < 1.29 is 4.74 Å². The molecule has 2 aromatic rings. The van der Waals surface area contributed by atoms with Gasteiger partial charge in [-0.1, -0.05) is 36.4 Å². The molecule has 0 aliphatic heterocycles. The molecular weight excluding hydrogens is 208 g/mol. The third-order valence-electron chi connectivity index (χ3n) is 2.46. The number of hydrogen-bond acceptors (Lipinski definition) is 1. The van der Waals surface area contributed by atoms with E-state index >= 15 is 0 Å². The van der Waals surface area contributed by atoms with Gasteiger partial charge in [-0.3, -0.25) is 0 Å². The molecule has 0 radical (unpaired) electrons. The van der Waals surface area contributed by atoms with E-state index in [0.29, 0.717) is 0 Å². The molecule has 0 saturated carbocycles. The van der Waals surface area contributed by atoms with E-state index in [1.165, 1.54) is 11.1 Å². The molecule has 0 aliphatic carbocycles. The number of hydrogen-bond donors (Lipinski definition) is 0. The molecule has 0 aromatic heterocycles. The van der Waals surface area contributed by atoms with Crippen molar-refractivity contribution in [3.05, 3.63) is 71.5 Å². The normalized spacial score (nSPS) is 10.7. The van der Waals surface area contributed by atoms with Crippen molar-refractivity contribution in [2.24, 2.45) is 0 Å². The Hall–Kier alpha value is -2.02. The molecule has 1 heteroatoms. The van der Waals surface area contributed by atoms with Crippen molar-refractivity contribution in [3.8, 4) is 5.75 Å². The molecule has 0 atom stereocenters. The van der Waals surface area contributed by atoms with Crippen LogP contribution >= 0.6 is 0 Å². The maximum Gasteiger partial charge on any atom is 0.127 e. The fourth-order valence-electron chi connectivity index (χ4n) is 1.76. The zero-order valence-corrected chi connectivity index (χ0v) is 10.2. The molecular formula is C16H16O. The Morgan fingerprint density at radius 2 is 1.53 bits per heavy atom. The van der Waals surface area contributed by atoms with Crippen LogP contribution in [0.25, 0.3) is 6.08 Å². The van der Waals surface area contributed by atoms with Crippen molar-refractivity contribution in [1.29, 1.82) is 0 Å². The highest BCUT2D eigenvalue weighted by atomic mass is 16.5. The number of ether oxygens (including phenoxy) is 1. The first kappa shape index (κ1) is 11.5. The van der Waals surface area contributed by atoms with Gasteiger partial charge in [0.05, 0.1) is 6.26 Å². The second-order valence-corrected chi connectivity index (χ2v) is 4.15. The van der Waals surface area contributed by atoms with Gasteiger partial charge in [0.2, 0.25) is 0 Å².